The minimum atomic E-state index is -0.356. The summed E-state index contributed by atoms with van der Waals surface area (Å²) in [6.45, 7) is 1.83. The average molecular weight is 319 g/mol. The molecule has 0 radical (unpaired) electrons. The maximum atomic E-state index is 13.0. The average Bonchev–Trinajstić information content (AvgIpc) is 2.96. The molecule has 3 rings (SSSR count). The molecule has 1 amide bonds. The van der Waals surface area contributed by atoms with Crippen molar-refractivity contribution in [1.82, 2.24) is 0 Å². The Labute approximate surface area is 130 Å². The van der Waals surface area contributed by atoms with Gasteiger partial charge in [-0.2, -0.15) is 0 Å². The predicted octanol–water partition coefficient (Wildman–Crippen LogP) is 4.13. The van der Waals surface area contributed by atoms with Gasteiger partial charge in [0.25, 0.3) is 5.91 Å². The van der Waals surface area contributed by atoms with Gasteiger partial charge in [0.1, 0.15) is 17.3 Å². The van der Waals surface area contributed by atoms with Gasteiger partial charge in [-0.25, -0.2) is 4.39 Å². The van der Waals surface area contributed by atoms with Crippen molar-refractivity contribution in [2.24, 2.45) is 0 Å². The molecule has 2 aromatic rings. The van der Waals surface area contributed by atoms with Crippen LogP contribution in [0.3, 0.4) is 0 Å². The molecule has 6 heteroatoms. The third-order valence-electron chi connectivity index (χ3n) is 2.91. The van der Waals surface area contributed by atoms with Gasteiger partial charge < -0.3 is 4.42 Å². The van der Waals surface area contributed by atoms with Crippen LogP contribution < -0.4 is 4.90 Å². The lowest BCUT2D eigenvalue weighted by Crippen LogP contribution is -2.27. The van der Waals surface area contributed by atoms with Crippen molar-refractivity contribution < 1.29 is 13.6 Å². The summed E-state index contributed by atoms with van der Waals surface area (Å²) in [6, 6.07) is 9.27. The van der Waals surface area contributed by atoms with E-state index in [2.05, 4.69) is 0 Å². The van der Waals surface area contributed by atoms with Gasteiger partial charge in [0.15, 0.2) is 4.32 Å². The summed E-state index contributed by atoms with van der Waals surface area (Å²) < 4.78 is 18.8. The molecular formula is C15H10FNO2S2. The Morgan fingerprint density at radius 2 is 1.95 bits per heavy atom. The number of benzene rings is 1. The summed E-state index contributed by atoms with van der Waals surface area (Å²) >= 11 is 6.43. The number of anilines is 1. The van der Waals surface area contributed by atoms with Crippen LogP contribution in [0, 0.1) is 12.7 Å². The normalized spacial score (nSPS) is 17.0. The number of carbonyl (C=O) groups is 1. The van der Waals surface area contributed by atoms with Crippen molar-refractivity contribution in [1.29, 1.82) is 0 Å². The van der Waals surface area contributed by atoms with E-state index >= 15 is 0 Å². The lowest BCUT2D eigenvalue weighted by atomic mass is 10.3. The molecular weight excluding hydrogens is 309 g/mol. The zero-order valence-electron chi connectivity index (χ0n) is 11.0. The van der Waals surface area contributed by atoms with Gasteiger partial charge in [-0.1, -0.05) is 24.0 Å². The van der Waals surface area contributed by atoms with Crippen LogP contribution in [0.1, 0.15) is 11.5 Å². The lowest BCUT2D eigenvalue weighted by molar-refractivity contribution is -0.113. The smallest absolute Gasteiger partial charge is 0.270 e. The predicted molar refractivity (Wildman–Crippen MR) is 85.5 cm³/mol. The summed E-state index contributed by atoms with van der Waals surface area (Å²) in [7, 11) is 0. The number of furan rings is 1. The second kappa shape index (κ2) is 5.46. The quantitative estimate of drug-likeness (QED) is 0.615. The molecule has 0 N–H and O–H groups in total. The molecule has 3 nitrogen and oxygen atoms in total. The van der Waals surface area contributed by atoms with Crippen LogP contribution in [0.15, 0.2) is 45.7 Å². The molecule has 1 aliphatic rings. The number of aryl methyl sites for hydroxylation is 1. The van der Waals surface area contributed by atoms with Crippen LogP contribution in [0.5, 0.6) is 0 Å². The minimum Gasteiger partial charge on any atom is -0.462 e. The van der Waals surface area contributed by atoms with Crippen LogP contribution in [0.2, 0.25) is 0 Å². The summed E-state index contributed by atoms with van der Waals surface area (Å²) in [5.41, 5.74) is 0.554. The number of amides is 1. The molecule has 1 aromatic heterocycles. The molecule has 0 unspecified atom stereocenters. The van der Waals surface area contributed by atoms with Crippen molar-refractivity contribution in [3.8, 4) is 0 Å². The standard InChI is InChI=1S/C15H10FNO2S2/c1-9-2-7-12(19-9)8-13-14(18)17(15(20)21-13)11-5-3-10(16)4-6-11/h2-8H,1H3/b13-8+. The van der Waals surface area contributed by atoms with Crippen molar-refractivity contribution >= 4 is 46.0 Å². The first-order valence-corrected chi connectivity index (χ1v) is 7.37. The van der Waals surface area contributed by atoms with E-state index in [0.29, 0.717) is 20.7 Å². The lowest BCUT2D eigenvalue weighted by Gasteiger charge is -2.14. The van der Waals surface area contributed by atoms with Gasteiger partial charge in [0, 0.05) is 6.08 Å². The largest absolute Gasteiger partial charge is 0.462 e. The maximum absolute atomic E-state index is 13.0. The van der Waals surface area contributed by atoms with Crippen molar-refractivity contribution in [2.75, 3.05) is 4.90 Å². The Morgan fingerprint density at radius 1 is 1.24 bits per heavy atom. The van der Waals surface area contributed by atoms with Gasteiger partial charge >= 0.3 is 0 Å². The van der Waals surface area contributed by atoms with Crippen molar-refractivity contribution in [3.63, 3.8) is 0 Å². The topological polar surface area (TPSA) is 33.5 Å². The van der Waals surface area contributed by atoms with E-state index in [1.807, 2.05) is 13.0 Å². The highest BCUT2D eigenvalue weighted by Crippen LogP contribution is 2.36. The fraction of sp³-hybridized carbons (Fsp3) is 0.0667. The second-order valence-electron chi connectivity index (χ2n) is 4.44. The van der Waals surface area contributed by atoms with E-state index in [-0.39, 0.29) is 11.7 Å². The Hall–Kier alpha value is -1.92. The third-order valence-corrected chi connectivity index (χ3v) is 4.22. The third kappa shape index (κ3) is 2.77. The van der Waals surface area contributed by atoms with Crippen LogP contribution in [-0.4, -0.2) is 10.2 Å². The first kappa shape index (κ1) is 14.0. The monoisotopic (exact) mass is 319 g/mol. The fourth-order valence-electron chi connectivity index (χ4n) is 1.94. The Kier molecular flexibility index (Phi) is 3.65. The van der Waals surface area contributed by atoms with Gasteiger partial charge in [-0.3, -0.25) is 9.69 Å². The summed E-state index contributed by atoms with van der Waals surface area (Å²) in [6.07, 6.45) is 1.66. The molecule has 1 aliphatic heterocycles. The van der Waals surface area contributed by atoms with Crippen LogP contribution in [0.4, 0.5) is 10.1 Å². The molecule has 0 bridgehead atoms. The van der Waals surface area contributed by atoms with Crippen LogP contribution >= 0.6 is 24.0 Å². The molecule has 106 valence electrons. The second-order valence-corrected chi connectivity index (χ2v) is 6.12. The molecule has 2 heterocycles. The van der Waals surface area contributed by atoms with Crippen LogP contribution in [-0.2, 0) is 4.79 Å². The Bertz CT molecular complexity index is 749. The number of hydrogen-bond donors (Lipinski definition) is 0. The minimum absolute atomic E-state index is 0.231. The van der Waals surface area contributed by atoms with E-state index in [4.69, 9.17) is 16.6 Å². The summed E-state index contributed by atoms with van der Waals surface area (Å²) in [5, 5.41) is 0. The van der Waals surface area contributed by atoms with E-state index in [0.717, 1.165) is 5.76 Å². The summed E-state index contributed by atoms with van der Waals surface area (Å²) in [5.74, 6) is 0.791. The first-order chi connectivity index (χ1) is 10.0. The van der Waals surface area contributed by atoms with Gasteiger partial charge in [-0.15, -0.1) is 0 Å². The molecule has 1 saturated heterocycles. The van der Waals surface area contributed by atoms with E-state index < -0.39 is 0 Å². The fourth-order valence-corrected chi connectivity index (χ4v) is 3.22. The Morgan fingerprint density at radius 3 is 2.57 bits per heavy atom. The highest BCUT2D eigenvalue weighted by Gasteiger charge is 2.33. The number of nitrogens with zero attached hydrogens (tertiary/aromatic N) is 1. The molecule has 0 saturated carbocycles. The van der Waals surface area contributed by atoms with Gasteiger partial charge in [0.05, 0.1) is 10.6 Å². The van der Waals surface area contributed by atoms with E-state index in [1.165, 1.54) is 40.9 Å². The molecule has 1 fully saturated rings. The Balaban J connectivity index is 1.92. The molecule has 0 atom stereocenters. The van der Waals surface area contributed by atoms with Crippen LogP contribution in [0.25, 0.3) is 6.08 Å². The van der Waals surface area contributed by atoms with Gasteiger partial charge in [0.2, 0.25) is 0 Å². The summed E-state index contributed by atoms with van der Waals surface area (Å²) in [4.78, 5) is 14.3. The zero-order valence-corrected chi connectivity index (χ0v) is 12.6. The highest BCUT2D eigenvalue weighted by atomic mass is 32.2. The number of rotatable bonds is 2. The maximum Gasteiger partial charge on any atom is 0.270 e. The highest BCUT2D eigenvalue weighted by molar-refractivity contribution is 8.27. The molecule has 0 spiro atoms. The molecule has 1 aromatic carbocycles. The van der Waals surface area contributed by atoms with E-state index in [9.17, 15) is 9.18 Å². The number of thioether (sulfide) groups is 1. The number of carbonyl (C=O) groups excluding carboxylic acids is 1. The van der Waals surface area contributed by atoms with E-state index in [1.54, 1.807) is 12.1 Å². The molecule has 0 aliphatic carbocycles. The first-order valence-electron chi connectivity index (χ1n) is 6.14. The SMILES string of the molecule is Cc1ccc(/C=C2/SC(=S)N(c3ccc(F)cc3)C2=O)o1. The number of thiocarbonyl (C=S) groups is 1. The van der Waals surface area contributed by atoms with Gasteiger partial charge in [-0.05, 0) is 43.3 Å². The van der Waals surface area contributed by atoms with Crippen molar-refractivity contribution in [2.45, 2.75) is 6.92 Å². The number of halogens is 1. The molecule has 21 heavy (non-hydrogen) atoms. The number of hydrogen-bond acceptors (Lipinski definition) is 4. The van der Waals surface area contributed by atoms with Crippen molar-refractivity contribution in [3.05, 3.63) is 58.6 Å². The zero-order chi connectivity index (χ0) is 15.0.